The molecule has 1 fully saturated rings. The zero-order valence-electron chi connectivity index (χ0n) is 20.6. The molecule has 2 aliphatic carbocycles. The van der Waals surface area contributed by atoms with Gasteiger partial charge in [-0.15, -0.1) is 0 Å². The van der Waals surface area contributed by atoms with Crippen molar-refractivity contribution in [2.75, 3.05) is 13.7 Å². The Hall–Kier alpha value is -2.50. The number of rotatable bonds is 7. The van der Waals surface area contributed by atoms with Gasteiger partial charge in [0.1, 0.15) is 11.6 Å². The monoisotopic (exact) mass is 452 g/mol. The van der Waals surface area contributed by atoms with Crippen LogP contribution < -0.4 is 15.4 Å². The zero-order chi connectivity index (χ0) is 23.4. The van der Waals surface area contributed by atoms with Crippen LogP contribution in [0.15, 0.2) is 29.8 Å². The number of allylic oxidation sites excluding steroid dienone is 1. The number of carbonyl (C=O) groups is 1. The Kier molecular flexibility index (Phi) is 7.61. The van der Waals surface area contributed by atoms with E-state index in [4.69, 9.17) is 9.72 Å². The van der Waals surface area contributed by atoms with Crippen LogP contribution in [-0.2, 0) is 6.42 Å². The van der Waals surface area contributed by atoms with E-state index in [1.165, 1.54) is 24.8 Å². The van der Waals surface area contributed by atoms with Crippen molar-refractivity contribution in [3.63, 3.8) is 0 Å². The number of urea groups is 1. The lowest BCUT2D eigenvalue weighted by Crippen LogP contribution is -2.45. The topological polar surface area (TPSA) is 79.0 Å². The molecular weight excluding hydrogens is 412 g/mol. The highest BCUT2D eigenvalue weighted by Gasteiger charge is 2.32. The van der Waals surface area contributed by atoms with Crippen molar-refractivity contribution in [1.82, 2.24) is 20.6 Å². The van der Waals surface area contributed by atoms with E-state index in [2.05, 4.69) is 42.5 Å². The normalized spacial score (nSPS) is 24.0. The van der Waals surface area contributed by atoms with Gasteiger partial charge in [-0.3, -0.25) is 0 Å². The molecule has 4 rings (SSSR count). The van der Waals surface area contributed by atoms with Gasteiger partial charge in [-0.25, -0.2) is 9.78 Å². The number of nitrogens with zero attached hydrogens (tertiary/aromatic N) is 1. The third kappa shape index (κ3) is 5.90. The maximum atomic E-state index is 12.5. The van der Waals surface area contributed by atoms with Crippen LogP contribution in [0.4, 0.5) is 4.79 Å². The van der Waals surface area contributed by atoms with E-state index in [0.717, 1.165) is 48.3 Å². The number of aromatic amines is 1. The zero-order valence-corrected chi connectivity index (χ0v) is 20.6. The van der Waals surface area contributed by atoms with E-state index in [0.29, 0.717) is 36.3 Å². The summed E-state index contributed by atoms with van der Waals surface area (Å²) in [6.07, 6.45) is 10.4. The number of amides is 2. The number of aromatic nitrogens is 2. The number of nitrogens with one attached hydrogen (secondary N) is 3. The highest BCUT2D eigenvalue weighted by molar-refractivity contribution is 5.76. The number of fused-ring (bicyclic) bond motifs is 1. The van der Waals surface area contributed by atoms with Crippen molar-refractivity contribution < 1.29 is 9.53 Å². The third-order valence-electron chi connectivity index (χ3n) is 7.70. The van der Waals surface area contributed by atoms with Gasteiger partial charge in [-0.1, -0.05) is 44.8 Å². The van der Waals surface area contributed by atoms with Crippen LogP contribution in [0.25, 0.3) is 11.0 Å². The minimum Gasteiger partial charge on any atom is -0.497 e. The summed E-state index contributed by atoms with van der Waals surface area (Å²) >= 11 is 0. The van der Waals surface area contributed by atoms with Gasteiger partial charge >= 0.3 is 6.03 Å². The minimum absolute atomic E-state index is 0.00436. The summed E-state index contributed by atoms with van der Waals surface area (Å²) in [4.78, 5) is 20.8. The molecule has 33 heavy (non-hydrogen) atoms. The predicted molar refractivity (Wildman–Crippen MR) is 133 cm³/mol. The first-order valence-electron chi connectivity index (χ1n) is 12.7. The molecule has 0 saturated heterocycles. The fraction of sp³-hybridized carbons (Fsp3) is 0.630. The maximum absolute atomic E-state index is 12.5. The molecule has 0 radical (unpaired) electrons. The fourth-order valence-electron chi connectivity index (χ4n) is 5.70. The van der Waals surface area contributed by atoms with Crippen molar-refractivity contribution in [1.29, 1.82) is 0 Å². The number of methoxy groups -OCH3 is 1. The predicted octanol–water partition coefficient (Wildman–Crippen LogP) is 5.60. The Labute approximate surface area is 198 Å². The lowest BCUT2D eigenvalue weighted by atomic mass is 9.70. The number of carbonyl (C=O) groups excluding carboxylic acids is 1. The summed E-state index contributed by atoms with van der Waals surface area (Å²) in [7, 11) is 1.69. The molecule has 1 aromatic carbocycles. The van der Waals surface area contributed by atoms with E-state index in [-0.39, 0.29) is 6.03 Å². The summed E-state index contributed by atoms with van der Waals surface area (Å²) in [5.41, 5.74) is 3.41. The van der Waals surface area contributed by atoms with Gasteiger partial charge in [0.2, 0.25) is 0 Å². The molecule has 6 heteroatoms. The first-order valence-corrected chi connectivity index (χ1v) is 12.7. The van der Waals surface area contributed by atoms with Crippen molar-refractivity contribution >= 4 is 17.1 Å². The summed E-state index contributed by atoms with van der Waals surface area (Å²) in [6.45, 7) is 7.55. The molecule has 3 unspecified atom stereocenters. The highest BCUT2D eigenvalue weighted by Crippen LogP contribution is 2.38. The molecule has 3 atom stereocenters. The second kappa shape index (κ2) is 10.6. The first kappa shape index (κ1) is 23.7. The number of hydrogen-bond donors (Lipinski definition) is 3. The minimum atomic E-state index is -0.00436. The Morgan fingerprint density at radius 3 is 2.76 bits per heavy atom. The molecule has 1 aromatic heterocycles. The van der Waals surface area contributed by atoms with Gasteiger partial charge in [-0.2, -0.15) is 0 Å². The Morgan fingerprint density at radius 1 is 1.24 bits per heavy atom. The lowest BCUT2D eigenvalue weighted by molar-refractivity contribution is 0.210. The van der Waals surface area contributed by atoms with Gasteiger partial charge in [0, 0.05) is 25.1 Å². The molecule has 2 aliphatic rings. The van der Waals surface area contributed by atoms with Gasteiger partial charge in [-0.05, 0) is 62.0 Å². The largest absolute Gasteiger partial charge is 0.497 e. The molecule has 0 aliphatic heterocycles. The lowest BCUT2D eigenvalue weighted by Gasteiger charge is -2.37. The molecule has 3 N–H and O–H groups in total. The number of H-pyrrole nitrogens is 1. The second-order valence-electron chi connectivity index (χ2n) is 10.4. The van der Waals surface area contributed by atoms with Gasteiger partial charge in [0.25, 0.3) is 0 Å². The van der Waals surface area contributed by atoms with E-state index >= 15 is 0 Å². The molecule has 6 nitrogen and oxygen atoms in total. The third-order valence-corrected chi connectivity index (χ3v) is 7.70. The smallest absolute Gasteiger partial charge is 0.315 e. The Bertz CT molecular complexity index is 974. The van der Waals surface area contributed by atoms with Crippen LogP contribution >= 0.6 is 0 Å². The fourth-order valence-corrected chi connectivity index (χ4v) is 5.70. The SMILES string of the molecule is COc1ccc2nc(CC3CC(C(C)C)C(CNC(=O)NC4CCCCC4)C=C3C)[nH]c2c1. The average Bonchev–Trinajstić information content (AvgIpc) is 3.21. The standard InChI is InChI=1S/C27H40N4O2/c1-17(2)23-13-19(14-26-30-24-11-10-22(33-4)15-25(24)31-26)18(3)12-20(23)16-28-27(32)29-21-8-6-5-7-9-21/h10-12,15,17,19-21,23H,5-9,13-14,16H2,1-4H3,(H,30,31)(H2,28,29,32). The van der Waals surface area contributed by atoms with Crippen LogP contribution in [0, 0.1) is 23.7 Å². The summed E-state index contributed by atoms with van der Waals surface area (Å²) in [6, 6.07) is 6.31. The molecule has 0 bridgehead atoms. The van der Waals surface area contributed by atoms with Crippen LogP contribution in [0.2, 0.25) is 0 Å². The molecule has 2 aromatic rings. The quantitative estimate of drug-likeness (QED) is 0.478. The van der Waals surface area contributed by atoms with Crippen LogP contribution in [0.3, 0.4) is 0 Å². The average molecular weight is 453 g/mol. The molecule has 1 heterocycles. The van der Waals surface area contributed by atoms with Crippen LogP contribution in [0.5, 0.6) is 5.75 Å². The van der Waals surface area contributed by atoms with E-state index in [1.54, 1.807) is 7.11 Å². The van der Waals surface area contributed by atoms with E-state index in [9.17, 15) is 4.79 Å². The van der Waals surface area contributed by atoms with Crippen molar-refractivity contribution in [2.24, 2.45) is 23.7 Å². The number of benzene rings is 1. The van der Waals surface area contributed by atoms with Gasteiger partial charge in [0.05, 0.1) is 18.1 Å². The molecule has 2 amide bonds. The van der Waals surface area contributed by atoms with Crippen molar-refractivity contribution in [2.45, 2.75) is 71.8 Å². The second-order valence-corrected chi connectivity index (χ2v) is 10.4. The molecule has 180 valence electrons. The highest BCUT2D eigenvalue weighted by atomic mass is 16.5. The van der Waals surface area contributed by atoms with Gasteiger partial charge in [0.15, 0.2) is 0 Å². The number of imidazole rings is 1. The summed E-state index contributed by atoms with van der Waals surface area (Å²) in [5.74, 6) is 3.81. The number of hydrogen-bond acceptors (Lipinski definition) is 3. The van der Waals surface area contributed by atoms with E-state index in [1.807, 2.05) is 18.2 Å². The first-order chi connectivity index (χ1) is 15.9. The van der Waals surface area contributed by atoms with Crippen molar-refractivity contribution in [3.8, 4) is 5.75 Å². The molecular formula is C27H40N4O2. The summed E-state index contributed by atoms with van der Waals surface area (Å²) in [5, 5.41) is 6.36. The summed E-state index contributed by atoms with van der Waals surface area (Å²) < 4.78 is 5.34. The van der Waals surface area contributed by atoms with Crippen LogP contribution in [-0.4, -0.2) is 35.7 Å². The Morgan fingerprint density at radius 2 is 2.03 bits per heavy atom. The molecule has 1 saturated carbocycles. The van der Waals surface area contributed by atoms with Gasteiger partial charge < -0.3 is 20.4 Å². The Balaban J connectivity index is 1.39. The number of ether oxygens (including phenoxy) is 1. The van der Waals surface area contributed by atoms with Crippen LogP contribution in [0.1, 0.15) is 65.1 Å². The van der Waals surface area contributed by atoms with Crippen molar-refractivity contribution in [3.05, 3.63) is 35.7 Å². The van der Waals surface area contributed by atoms with E-state index < -0.39 is 0 Å². The molecule has 0 spiro atoms. The maximum Gasteiger partial charge on any atom is 0.315 e.